The summed E-state index contributed by atoms with van der Waals surface area (Å²) in [6.45, 7) is 5.39. The maximum atomic E-state index is 11.2. The maximum Gasteiger partial charge on any atom is 0.268 e. The molecular formula is C12H20N2O3. The van der Waals surface area contributed by atoms with E-state index in [-0.39, 0.29) is 5.91 Å². The van der Waals surface area contributed by atoms with Gasteiger partial charge in [0, 0.05) is 6.61 Å². The molecule has 0 atom stereocenters. The van der Waals surface area contributed by atoms with Crippen LogP contribution in [0.3, 0.4) is 0 Å². The normalized spacial score (nSPS) is 10.8. The molecule has 0 aromatic carbocycles. The highest BCUT2D eigenvalue weighted by Crippen LogP contribution is 2.12. The van der Waals surface area contributed by atoms with Crippen molar-refractivity contribution in [3.05, 3.63) is 23.7 Å². The van der Waals surface area contributed by atoms with Gasteiger partial charge >= 0.3 is 0 Å². The molecular weight excluding hydrogens is 220 g/mol. The molecule has 96 valence electrons. The smallest absolute Gasteiger partial charge is 0.268 e. The van der Waals surface area contributed by atoms with Crippen molar-refractivity contribution >= 4 is 5.91 Å². The Bertz CT molecular complexity index is 345. The van der Waals surface area contributed by atoms with Gasteiger partial charge in [-0.3, -0.25) is 10.2 Å². The number of hydrogen-bond donors (Lipinski definition) is 2. The first-order valence-corrected chi connectivity index (χ1v) is 5.87. The molecule has 1 rings (SSSR count). The zero-order valence-electron chi connectivity index (χ0n) is 10.4. The van der Waals surface area contributed by atoms with Gasteiger partial charge in [0.1, 0.15) is 18.6 Å². The number of furan rings is 1. The minimum Gasteiger partial charge on any atom is -0.466 e. The minimum atomic E-state index is -0.361. The van der Waals surface area contributed by atoms with E-state index in [1.54, 1.807) is 6.07 Å². The molecule has 5 heteroatoms. The number of nitrogens with two attached hydrogens (primary N) is 1. The third-order valence-electron chi connectivity index (χ3n) is 2.80. The standard InChI is InChI=1S/C12H20N2O3/c1-3-9(4-2)6-16-8-11-5-10(7-17-11)12(15)14-13/h5,7,9H,3-4,6,8,13H2,1-2H3,(H,14,15). The topological polar surface area (TPSA) is 77.5 Å². The monoisotopic (exact) mass is 240 g/mol. The van der Waals surface area contributed by atoms with Crippen molar-refractivity contribution in [1.29, 1.82) is 0 Å². The van der Waals surface area contributed by atoms with E-state index in [9.17, 15) is 4.79 Å². The highest BCUT2D eigenvalue weighted by atomic mass is 16.5. The Morgan fingerprint density at radius 1 is 1.53 bits per heavy atom. The van der Waals surface area contributed by atoms with Crippen LogP contribution in [0.5, 0.6) is 0 Å². The fourth-order valence-electron chi connectivity index (χ4n) is 1.51. The van der Waals surface area contributed by atoms with E-state index in [4.69, 9.17) is 15.0 Å². The van der Waals surface area contributed by atoms with Crippen molar-refractivity contribution in [3.8, 4) is 0 Å². The van der Waals surface area contributed by atoms with Crippen molar-refractivity contribution in [2.75, 3.05) is 6.61 Å². The van der Waals surface area contributed by atoms with Gasteiger partial charge in [-0.25, -0.2) is 5.84 Å². The van der Waals surface area contributed by atoms with Gasteiger partial charge in [-0.2, -0.15) is 0 Å². The second-order valence-corrected chi connectivity index (χ2v) is 3.97. The number of nitrogens with one attached hydrogen (secondary N) is 1. The summed E-state index contributed by atoms with van der Waals surface area (Å²) in [7, 11) is 0. The minimum absolute atomic E-state index is 0.361. The Kier molecular flexibility index (Phi) is 5.72. The van der Waals surface area contributed by atoms with Gasteiger partial charge in [-0.1, -0.05) is 26.7 Å². The molecule has 0 aliphatic rings. The Morgan fingerprint density at radius 2 is 2.24 bits per heavy atom. The van der Waals surface area contributed by atoms with Gasteiger partial charge in [-0.05, 0) is 12.0 Å². The zero-order valence-corrected chi connectivity index (χ0v) is 10.4. The second kappa shape index (κ2) is 7.09. The third-order valence-corrected chi connectivity index (χ3v) is 2.80. The molecule has 0 bridgehead atoms. The van der Waals surface area contributed by atoms with Gasteiger partial charge in [0.2, 0.25) is 0 Å². The Hall–Kier alpha value is -1.33. The van der Waals surface area contributed by atoms with Gasteiger partial charge in [-0.15, -0.1) is 0 Å². The fraction of sp³-hybridized carbons (Fsp3) is 0.583. The van der Waals surface area contributed by atoms with Crippen molar-refractivity contribution in [2.45, 2.75) is 33.3 Å². The lowest BCUT2D eigenvalue weighted by Gasteiger charge is -2.11. The molecule has 0 fully saturated rings. The van der Waals surface area contributed by atoms with Crippen LogP contribution in [-0.2, 0) is 11.3 Å². The number of hydrogen-bond acceptors (Lipinski definition) is 4. The van der Waals surface area contributed by atoms with Gasteiger partial charge in [0.05, 0.1) is 5.56 Å². The molecule has 0 saturated heterocycles. The summed E-state index contributed by atoms with van der Waals surface area (Å²) >= 11 is 0. The molecule has 0 spiro atoms. The number of ether oxygens (including phenoxy) is 1. The van der Waals surface area contributed by atoms with Gasteiger partial charge < -0.3 is 9.15 Å². The van der Waals surface area contributed by atoms with Crippen LogP contribution in [-0.4, -0.2) is 12.5 Å². The van der Waals surface area contributed by atoms with E-state index in [0.29, 0.717) is 30.5 Å². The van der Waals surface area contributed by atoms with E-state index < -0.39 is 0 Å². The van der Waals surface area contributed by atoms with Crippen LogP contribution in [0.4, 0.5) is 0 Å². The molecule has 1 aromatic rings. The fourth-order valence-corrected chi connectivity index (χ4v) is 1.51. The molecule has 0 radical (unpaired) electrons. The van der Waals surface area contributed by atoms with Crippen LogP contribution >= 0.6 is 0 Å². The Morgan fingerprint density at radius 3 is 2.82 bits per heavy atom. The first-order chi connectivity index (χ1) is 8.21. The summed E-state index contributed by atoms with van der Waals surface area (Å²) in [5, 5.41) is 0. The number of nitrogen functional groups attached to an aromatic ring is 1. The molecule has 17 heavy (non-hydrogen) atoms. The van der Waals surface area contributed by atoms with E-state index in [1.165, 1.54) is 6.26 Å². The lowest BCUT2D eigenvalue weighted by molar-refractivity contribution is 0.0730. The molecule has 0 aliphatic carbocycles. The van der Waals surface area contributed by atoms with E-state index in [0.717, 1.165) is 12.8 Å². The first-order valence-electron chi connectivity index (χ1n) is 5.87. The Labute approximate surface area is 101 Å². The second-order valence-electron chi connectivity index (χ2n) is 3.97. The number of carbonyl (C=O) groups is 1. The molecule has 1 aromatic heterocycles. The summed E-state index contributed by atoms with van der Waals surface area (Å²) in [6.07, 6.45) is 3.59. The van der Waals surface area contributed by atoms with E-state index >= 15 is 0 Å². The van der Waals surface area contributed by atoms with Crippen molar-refractivity contribution in [1.82, 2.24) is 5.43 Å². The highest BCUT2D eigenvalue weighted by Gasteiger charge is 2.09. The summed E-state index contributed by atoms with van der Waals surface area (Å²) in [5.74, 6) is 5.87. The molecule has 1 amide bonds. The largest absolute Gasteiger partial charge is 0.466 e. The van der Waals surface area contributed by atoms with Crippen LogP contribution in [0.2, 0.25) is 0 Å². The van der Waals surface area contributed by atoms with Crippen molar-refractivity contribution in [3.63, 3.8) is 0 Å². The molecule has 5 nitrogen and oxygen atoms in total. The summed E-state index contributed by atoms with van der Waals surface area (Å²) in [6, 6.07) is 1.63. The van der Waals surface area contributed by atoms with Crippen LogP contribution in [0.25, 0.3) is 0 Å². The van der Waals surface area contributed by atoms with Crippen LogP contribution in [0.15, 0.2) is 16.7 Å². The molecule has 0 unspecified atom stereocenters. The van der Waals surface area contributed by atoms with Crippen molar-refractivity contribution in [2.24, 2.45) is 11.8 Å². The molecule has 3 N–H and O–H groups in total. The van der Waals surface area contributed by atoms with Crippen LogP contribution in [0, 0.1) is 5.92 Å². The van der Waals surface area contributed by atoms with Gasteiger partial charge in [0.25, 0.3) is 5.91 Å². The number of rotatable bonds is 7. The lowest BCUT2D eigenvalue weighted by Crippen LogP contribution is -2.29. The average Bonchev–Trinajstić information content (AvgIpc) is 2.82. The molecule has 1 heterocycles. The maximum absolute atomic E-state index is 11.2. The molecule has 0 aliphatic heterocycles. The summed E-state index contributed by atoms with van der Waals surface area (Å²) in [4.78, 5) is 11.2. The average molecular weight is 240 g/mol. The van der Waals surface area contributed by atoms with Crippen LogP contribution in [0.1, 0.15) is 42.8 Å². The summed E-state index contributed by atoms with van der Waals surface area (Å²) < 4.78 is 10.7. The quantitative estimate of drug-likeness (QED) is 0.433. The summed E-state index contributed by atoms with van der Waals surface area (Å²) in [5.41, 5.74) is 2.46. The number of carbonyl (C=O) groups excluding carboxylic acids is 1. The number of amides is 1. The SMILES string of the molecule is CCC(CC)COCc1cc(C(=O)NN)co1. The van der Waals surface area contributed by atoms with Crippen molar-refractivity contribution < 1.29 is 13.9 Å². The van der Waals surface area contributed by atoms with Gasteiger partial charge in [0.15, 0.2) is 0 Å². The first kappa shape index (κ1) is 13.7. The third kappa shape index (κ3) is 4.20. The van der Waals surface area contributed by atoms with E-state index in [1.807, 2.05) is 5.43 Å². The number of hydrazine groups is 1. The zero-order chi connectivity index (χ0) is 12.7. The highest BCUT2D eigenvalue weighted by molar-refractivity contribution is 5.93. The van der Waals surface area contributed by atoms with E-state index in [2.05, 4.69) is 13.8 Å². The lowest BCUT2D eigenvalue weighted by atomic mass is 10.1. The van der Waals surface area contributed by atoms with Crippen LogP contribution < -0.4 is 11.3 Å². The Balaban J connectivity index is 2.37. The predicted molar refractivity (Wildman–Crippen MR) is 64.1 cm³/mol. The molecule has 0 saturated carbocycles. The predicted octanol–water partition coefficient (Wildman–Crippen LogP) is 1.84.